The van der Waals surface area contributed by atoms with Crippen molar-refractivity contribution in [1.29, 1.82) is 0 Å². The Morgan fingerprint density at radius 1 is 1.10 bits per heavy atom. The van der Waals surface area contributed by atoms with Gasteiger partial charge in [0, 0.05) is 18.8 Å². The molecule has 0 aromatic carbocycles. The fourth-order valence-corrected chi connectivity index (χ4v) is 7.62. The lowest BCUT2D eigenvalue weighted by Gasteiger charge is -2.59. The summed E-state index contributed by atoms with van der Waals surface area (Å²) in [6, 6.07) is 0. The van der Waals surface area contributed by atoms with Gasteiger partial charge in [0.05, 0.1) is 0 Å². The average molecular weight is 403 g/mol. The highest BCUT2D eigenvalue weighted by Crippen LogP contribution is 2.67. The number of rotatable bonds is 3. The molecule has 7 atom stereocenters. The summed E-state index contributed by atoms with van der Waals surface area (Å²) in [7, 11) is 0. The third kappa shape index (κ3) is 2.87. The first-order chi connectivity index (χ1) is 13.5. The summed E-state index contributed by atoms with van der Waals surface area (Å²) < 4.78 is 5.13. The second kappa shape index (κ2) is 6.76. The first-order valence-corrected chi connectivity index (χ1v) is 11.2. The molecule has 0 amide bonds. The minimum Gasteiger partial charge on any atom is -0.455 e. The number of hydrogen-bond donors (Lipinski definition) is 1. The van der Waals surface area contributed by atoms with E-state index in [2.05, 4.69) is 13.8 Å². The van der Waals surface area contributed by atoms with E-state index in [-0.39, 0.29) is 22.9 Å². The molecule has 0 aromatic rings. The normalized spacial score (nSPS) is 44.8. The van der Waals surface area contributed by atoms with Crippen LogP contribution in [0.3, 0.4) is 0 Å². The highest BCUT2D eigenvalue weighted by Gasteiger charge is 2.66. The van der Waals surface area contributed by atoms with E-state index in [0.29, 0.717) is 24.7 Å². The number of ketones is 2. The van der Waals surface area contributed by atoms with Crippen molar-refractivity contribution in [1.82, 2.24) is 0 Å². The summed E-state index contributed by atoms with van der Waals surface area (Å²) in [6.07, 6.45) is 7.57. The number of hydrogen-bond acceptors (Lipinski definition) is 5. The van der Waals surface area contributed by atoms with Gasteiger partial charge in [-0.25, -0.2) is 0 Å². The van der Waals surface area contributed by atoms with Crippen molar-refractivity contribution < 1.29 is 24.2 Å². The fraction of sp³-hybridized carbons (Fsp3) is 0.792. The Hall–Kier alpha value is -1.49. The van der Waals surface area contributed by atoms with Gasteiger partial charge in [-0.15, -0.1) is 0 Å². The van der Waals surface area contributed by atoms with Gasteiger partial charge < -0.3 is 9.84 Å². The van der Waals surface area contributed by atoms with Crippen molar-refractivity contribution in [3.05, 3.63) is 11.6 Å². The average Bonchev–Trinajstić information content (AvgIpc) is 2.93. The first kappa shape index (κ1) is 20.8. The third-order valence-corrected chi connectivity index (χ3v) is 9.23. The number of carbonyl (C=O) groups excluding carboxylic acids is 3. The third-order valence-electron chi connectivity index (χ3n) is 9.23. The summed E-state index contributed by atoms with van der Waals surface area (Å²) in [5, 5.41) is 11.6. The van der Waals surface area contributed by atoms with Crippen LogP contribution in [0.25, 0.3) is 0 Å². The molecule has 4 aliphatic carbocycles. The number of Topliss-reactive ketones (excluding diaryl/α,β-unsaturated/α-hetero) is 1. The number of esters is 1. The van der Waals surface area contributed by atoms with Crippen LogP contribution in [0.2, 0.25) is 0 Å². The van der Waals surface area contributed by atoms with Crippen molar-refractivity contribution >= 4 is 17.5 Å². The number of carbonyl (C=O) groups is 3. The van der Waals surface area contributed by atoms with Crippen LogP contribution in [0.1, 0.15) is 79.1 Å². The van der Waals surface area contributed by atoms with Crippen molar-refractivity contribution in [3.63, 3.8) is 0 Å². The van der Waals surface area contributed by atoms with Crippen LogP contribution < -0.4 is 0 Å². The molecule has 4 rings (SSSR count). The highest BCUT2D eigenvalue weighted by molar-refractivity contribution is 5.93. The molecule has 5 heteroatoms. The molecule has 0 aliphatic heterocycles. The van der Waals surface area contributed by atoms with Crippen molar-refractivity contribution in [2.24, 2.45) is 28.6 Å². The molecular weight excluding hydrogens is 368 g/mol. The molecule has 1 N–H and O–H groups in total. The lowest BCUT2D eigenvalue weighted by molar-refractivity contribution is -0.175. The smallest absolute Gasteiger partial charge is 0.303 e. The Morgan fingerprint density at radius 3 is 2.48 bits per heavy atom. The molecule has 160 valence electrons. The van der Waals surface area contributed by atoms with Gasteiger partial charge in [0.25, 0.3) is 0 Å². The SMILES string of the molecule is CC(=O)OC(C)C(=O)[C@@]1(O)CC[C@H]2[C@@H]3CCC4=CC(=O)CC[C@]4(C)[C@H]3CC[C@@]21C. The first-order valence-electron chi connectivity index (χ1n) is 11.2. The lowest BCUT2D eigenvalue weighted by atomic mass is 9.46. The minimum absolute atomic E-state index is 0.0773. The topological polar surface area (TPSA) is 80.7 Å². The molecule has 0 radical (unpaired) electrons. The van der Waals surface area contributed by atoms with E-state index in [9.17, 15) is 19.5 Å². The Kier molecular flexibility index (Phi) is 4.84. The van der Waals surface area contributed by atoms with E-state index in [1.165, 1.54) is 12.5 Å². The van der Waals surface area contributed by atoms with Crippen molar-refractivity contribution in [3.8, 4) is 0 Å². The van der Waals surface area contributed by atoms with Gasteiger partial charge in [-0.1, -0.05) is 19.4 Å². The number of allylic oxidation sites excluding steroid dienone is 1. The van der Waals surface area contributed by atoms with Gasteiger partial charge >= 0.3 is 5.97 Å². The summed E-state index contributed by atoms with van der Waals surface area (Å²) in [6.45, 7) is 7.28. The van der Waals surface area contributed by atoms with Crippen LogP contribution in [-0.4, -0.2) is 34.3 Å². The van der Waals surface area contributed by atoms with Gasteiger partial charge in [-0.3, -0.25) is 14.4 Å². The molecule has 0 spiro atoms. The molecule has 4 aliphatic rings. The highest BCUT2D eigenvalue weighted by atomic mass is 16.5. The molecule has 1 unspecified atom stereocenters. The monoisotopic (exact) mass is 402 g/mol. The zero-order chi connectivity index (χ0) is 21.2. The lowest BCUT2D eigenvalue weighted by Crippen LogP contribution is -2.59. The quantitative estimate of drug-likeness (QED) is 0.727. The number of ether oxygens (including phenoxy) is 1. The zero-order valence-corrected chi connectivity index (χ0v) is 18.1. The second-order valence-electron chi connectivity index (χ2n) is 10.4. The Labute approximate surface area is 173 Å². The minimum atomic E-state index is -1.43. The largest absolute Gasteiger partial charge is 0.455 e. The van der Waals surface area contributed by atoms with Gasteiger partial charge in [0.15, 0.2) is 11.9 Å². The van der Waals surface area contributed by atoms with E-state index in [4.69, 9.17) is 4.74 Å². The summed E-state index contributed by atoms with van der Waals surface area (Å²) >= 11 is 0. The molecule has 0 heterocycles. The summed E-state index contributed by atoms with van der Waals surface area (Å²) in [5.74, 6) is 0.686. The zero-order valence-electron chi connectivity index (χ0n) is 18.1. The second-order valence-corrected chi connectivity index (χ2v) is 10.4. The van der Waals surface area contributed by atoms with Crippen LogP contribution in [0, 0.1) is 28.6 Å². The Morgan fingerprint density at radius 2 is 1.79 bits per heavy atom. The number of aliphatic hydroxyl groups is 1. The molecule has 0 aromatic heterocycles. The summed E-state index contributed by atoms with van der Waals surface area (Å²) in [4.78, 5) is 36.5. The van der Waals surface area contributed by atoms with E-state index in [1.54, 1.807) is 6.92 Å². The molecule has 3 saturated carbocycles. The van der Waals surface area contributed by atoms with Crippen LogP contribution >= 0.6 is 0 Å². The molecule has 0 saturated heterocycles. The standard InChI is InChI=1S/C24H34O5/c1-14(29-15(2)25)21(27)24(28)12-9-20-18-6-5-16-13-17(26)7-10-22(16,3)19(18)8-11-23(20,24)4/h13-14,18-20,28H,5-12H2,1-4H3/t14?,18-,19+,20+,22+,23+,24+/m1/s1. The van der Waals surface area contributed by atoms with Gasteiger partial charge in [-0.05, 0) is 81.1 Å². The van der Waals surface area contributed by atoms with Gasteiger partial charge in [0.2, 0.25) is 5.78 Å². The van der Waals surface area contributed by atoms with Crippen LogP contribution in [0.15, 0.2) is 11.6 Å². The maximum Gasteiger partial charge on any atom is 0.303 e. The van der Waals surface area contributed by atoms with Crippen molar-refractivity contribution in [2.75, 3.05) is 0 Å². The predicted octanol–water partition coefficient (Wildman–Crippen LogP) is 3.77. The van der Waals surface area contributed by atoms with Gasteiger partial charge in [-0.2, -0.15) is 0 Å². The number of fused-ring (bicyclic) bond motifs is 5. The maximum absolute atomic E-state index is 13.2. The molecule has 5 nitrogen and oxygen atoms in total. The van der Waals surface area contributed by atoms with E-state index < -0.39 is 23.1 Å². The molecule has 3 fully saturated rings. The van der Waals surface area contributed by atoms with Crippen LogP contribution in [0.5, 0.6) is 0 Å². The maximum atomic E-state index is 13.2. The van der Waals surface area contributed by atoms with Crippen LogP contribution in [-0.2, 0) is 19.1 Å². The molecule has 29 heavy (non-hydrogen) atoms. The molecule has 0 bridgehead atoms. The van der Waals surface area contributed by atoms with Crippen molar-refractivity contribution in [2.45, 2.75) is 90.8 Å². The van der Waals surface area contributed by atoms with Crippen LogP contribution in [0.4, 0.5) is 0 Å². The fourth-order valence-electron chi connectivity index (χ4n) is 7.62. The van der Waals surface area contributed by atoms with E-state index in [1.807, 2.05) is 6.08 Å². The van der Waals surface area contributed by atoms with Gasteiger partial charge in [0.1, 0.15) is 5.60 Å². The molecular formula is C24H34O5. The summed E-state index contributed by atoms with van der Waals surface area (Å²) in [5.41, 5.74) is -0.515. The van der Waals surface area contributed by atoms with E-state index in [0.717, 1.165) is 38.5 Å². The Bertz CT molecular complexity index is 784. The Balaban J connectivity index is 1.62. The predicted molar refractivity (Wildman–Crippen MR) is 108 cm³/mol. The van der Waals surface area contributed by atoms with E-state index >= 15 is 0 Å².